The minimum atomic E-state index is -0.273. The second-order valence-corrected chi connectivity index (χ2v) is 10.0. The molecule has 2 N–H and O–H groups in total. The fraction of sp³-hybridized carbons (Fsp3) is 0.952. The van der Waals surface area contributed by atoms with Gasteiger partial charge in [0.05, 0.1) is 12.2 Å². The van der Waals surface area contributed by atoms with Gasteiger partial charge in [0.25, 0.3) is 0 Å². The molecule has 4 saturated carbocycles. The van der Waals surface area contributed by atoms with Gasteiger partial charge in [0, 0.05) is 5.92 Å². The maximum atomic E-state index is 12.2. The Balaban J connectivity index is 1.65. The van der Waals surface area contributed by atoms with E-state index in [9.17, 15) is 15.0 Å². The number of aliphatic hydroxyl groups excluding tert-OH is 2. The van der Waals surface area contributed by atoms with E-state index in [1.54, 1.807) is 6.92 Å². The second-order valence-electron chi connectivity index (χ2n) is 10.0. The molecule has 9 atom stereocenters. The largest absolute Gasteiger partial charge is 0.393 e. The molecule has 0 aromatic carbocycles. The Bertz CT molecular complexity index is 531. The molecule has 0 aromatic rings. The standard InChI is InChI=1S/C21H34O3/c1-12(22)15-4-5-16-14-11-19(24)18-10-13(23)6-8-21(18,3)17(14)7-9-20(15,16)2/h13-19,23-24H,4-11H2,1-3H3/t13-,14+,15+,16-,17+,18+,19+,20-,21-/m1/s1. The molecule has 136 valence electrons. The molecule has 0 unspecified atom stereocenters. The van der Waals surface area contributed by atoms with E-state index in [-0.39, 0.29) is 34.9 Å². The summed E-state index contributed by atoms with van der Waals surface area (Å²) in [5.41, 5.74) is 0.335. The summed E-state index contributed by atoms with van der Waals surface area (Å²) in [5, 5.41) is 21.0. The number of hydrogen-bond donors (Lipinski definition) is 2. The van der Waals surface area contributed by atoms with Gasteiger partial charge in [0.2, 0.25) is 0 Å². The number of carbonyl (C=O) groups is 1. The van der Waals surface area contributed by atoms with Crippen LogP contribution >= 0.6 is 0 Å². The van der Waals surface area contributed by atoms with Crippen LogP contribution in [0.1, 0.15) is 72.1 Å². The summed E-state index contributed by atoms with van der Waals surface area (Å²) >= 11 is 0. The molecule has 3 heteroatoms. The Morgan fingerprint density at radius 1 is 0.875 bits per heavy atom. The van der Waals surface area contributed by atoms with Crippen LogP contribution in [0.2, 0.25) is 0 Å². The first-order valence-corrected chi connectivity index (χ1v) is 10.1. The van der Waals surface area contributed by atoms with Crippen molar-refractivity contribution in [2.45, 2.75) is 84.3 Å². The van der Waals surface area contributed by atoms with Gasteiger partial charge in [-0.1, -0.05) is 13.8 Å². The van der Waals surface area contributed by atoms with Crippen molar-refractivity contribution >= 4 is 5.78 Å². The molecule has 4 aliphatic rings. The zero-order valence-corrected chi connectivity index (χ0v) is 15.5. The Hall–Kier alpha value is -0.410. The first kappa shape index (κ1) is 17.0. The molecule has 0 amide bonds. The summed E-state index contributed by atoms with van der Waals surface area (Å²) in [5.74, 6) is 2.71. The van der Waals surface area contributed by atoms with Crippen LogP contribution in [0.25, 0.3) is 0 Å². The van der Waals surface area contributed by atoms with Crippen molar-refractivity contribution in [1.29, 1.82) is 0 Å². The molecule has 0 radical (unpaired) electrons. The summed E-state index contributed by atoms with van der Waals surface area (Å²) < 4.78 is 0. The van der Waals surface area contributed by atoms with Gasteiger partial charge in [0.1, 0.15) is 5.78 Å². The number of Topliss-reactive ketones (excluding diaryl/α,β-unsaturated/α-hetero) is 1. The van der Waals surface area contributed by atoms with Crippen molar-refractivity contribution in [2.75, 3.05) is 0 Å². The summed E-state index contributed by atoms with van der Waals surface area (Å²) in [6, 6.07) is 0. The lowest BCUT2D eigenvalue weighted by Gasteiger charge is -2.62. The van der Waals surface area contributed by atoms with E-state index in [2.05, 4.69) is 13.8 Å². The van der Waals surface area contributed by atoms with Crippen molar-refractivity contribution < 1.29 is 15.0 Å². The average molecular weight is 335 g/mol. The summed E-state index contributed by atoms with van der Waals surface area (Å²) in [7, 11) is 0. The first-order chi connectivity index (χ1) is 11.3. The molecule has 0 heterocycles. The SMILES string of the molecule is CC(=O)[C@@H]1CC[C@@H]2[C@@H]3C[C@H](O)[C@@H]4C[C@H](O)CC[C@]4(C)[C@H]3CC[C@@]21C. The van der Waals surface area contributed by atoms with Crippen LogP contribution in [-0.4, -0.2) is 28.2 Å². The Kier molecular flexibility index (Phi) is 3.93. The lowest BCUT2D eigenvalue weighted by molar-refractivity contribution is -0.171. The number of rotatable bonds is 1. The fourth-order valence-corrected chi connectivity index (χ4v) is 7.95. The number of fused-ring (bicyclic) bond motifs is 5. The van der Waals surface area contributed by atoms with Crippen LogP contribution in [0.5, 0.6) is 0 Å². The molecule has 3 nitrogen and oxygen atoms in total. The van der Waals surface area contributed by atoms with E-state index in [4.69, 9.17) is 0 Å². The van der Waals surface area contributed by atoms with Gasteiger partial charge in [-0.2, -0.15) is 0 Å². The molecular weight excluding hydrogens is 300 g/mol. The maximum Gasteiger partial charge on any atom is 0.133 e. The maximum absolute atomic E-state index is 12.2. The normalized spacial score (nSPS) is 57.0. The number of hydrogen-bond acceptors (Lipinski definition) is 3. The molecule has 0 saturated heterocycles. The molecule has 4 aliphatic carbocycles. The quantitative estimate of drug-likeness (QED) is 0.771. The third kappa shape index (κ3) is 2.19. The van der Waals surface area contributed by atoms with E-state index in [1.165, 1.54) is 12.8 Å². The molecule has 0 aliphatic heterocycles. The van der Waals surface area contributed by atoms with Gasteiger partial charge < -0.3 is 10.2 Å². The predicted octanol–water partition coefficient (Wildman–Crippen LogP) is 3.57. The number of aliphatic hydroxyl groups is 2. The van der Waals surface area contributed by atoms with Crippen LogP contribution in [0.3, 0.4) is 0 Å². The zero-order valence-electron chi connectivity index (χ0n) is 15.5. The molecule has 24 heavy (non-hydrogen) atoms. The smallest absolute Gasteiger partial charge is 0.133 e. The zero-order chi connectivity index (χ0) is 17.3. The van der Waals surface area contributed by atoms with Crippen LogP contribution in [0.15, 0.2) is 0 Å². The van der Waals surface area contributed by atoms with Crippen LogP contribution in [0, 0.1) is 40.4 Å². The first-order valence-electron chi connectivity index (χ1n) is 10.1. The van der Waals surface area contributed by atoms with Gasteiger partial charge in [-0.05, 0) is 92.8 Å². The third-order valence-electron chi connectivity index (χ3n) is 9.14. The Labute approximate surface area is 146 Å². The van der Waals surface area contributed by atoms with E-state index >= 15 is 0 Å². The van der Waals surface area contributed by atoms with Crippen molar-refractivity contribution in [3.05, 3.63) is 0 Å². The minimum Gasteiger partial charge on any atom is -0.393 e. The second kappa shape index (κ2) is 5.54. The van der Waals surface area contributed by atoms with Crippen molar-refractivity contribution in [2.24, 2.45) is 40.4 Å². The number of carbonyl (C=O) groups excluding carboxylic acids is 1. The minimum absolute atomic E-state index is 0.157. The van der Waals surface area contributed by atoms with Crippen LogP contribution in [0.4, 0.5) is 0 Å². The van der Waals surface area contributed by atoms with E-state index in [0.717, 1.165) is 38.5 Å². The van der Waals surface area contributed by atoms with Gasteiger partial charge >= 0.3 is 0 Å². The average Bonchev–Trinajstić information content (AvgIpc) is 2.87. The lowest BCUT2D eigenvalue weighted by Crippen LogP contribution is -2.58. The Morgan fingerprint density at radius 3 is 2.25 bits per heavy atom. The highest BCUT2D eigenvalue weighted by atomic mass is 16.3. The highest BCUT2D eigenvalue weighted by Gasteiger charge is 2.62. The third-order valence-corrected chi connectivity index (χ3v) is 9.14. The molecule has 4 fully saturated rings. The highest BCUT2D eigenvalue weighted by molar-refractivity contribution is 5.79. The fourth-order valence-electron chi connectivity index (χ4n) is 7.95. The monoisotopic (exact) mass is 334 g/mol. The molecule has 0 spiro atoms. The lowest BCUT2D eigenvalue weighted by atomic mass is 9.44. The molecular formula is C21H34O3. The summed E-state index contributed by atoms with van der Waals surface area (Å²) in [4.78, 5) is 12.2. The van der Waals surface area contributed by atoms with Gasteiger partial charge in [-0.3, -0.25) is 4.79 Å². The number of ketones is 1. The van der Waals surface area contributed by atoms with E-state index < -0.39 is 0 Å². The summed E-state index contributed by atoms with van der Waals surface area (Å²) in [6.45, 7) is 6.53. The van der Waals surface area contributed by atoms with Gasteiger partial charge in [-0.15, -0.1) is 0 Å². The molecule has 0 bridgehead atoms. The van der Waals surface area contributed by atoms with Crippen LogP contribution in [-0.2, 0) is 4.79 Å². The molecule has 0 aromatic heterocycles. The topological polar surface area (TPSA) is 57.5 Å². The van der Waals surface area contributed by atoms with Gasteiger partial charge in [0.15, 0.2) is 0 Å². The van der Waals surface area contributed by atoms with Crippen molar-refractivity contribution in [1.82, 2.24) is 0 Å². The molecule has 4 rings (SSSR count). The van der Waals surface area contributed by atoms with Gasteiger partial charge in [-0.25, -0.2) is 0 Å². The van der Waals surface area contributed by atoms with Crippen molar-refractivity contribution in [3.8, 4) is 0 Å². The predicted molar refractivity (Wildman–Crippen MR) is 93.3 cm³/mol. The van der Waals surface area contributed by atoms with Crippen molar-refractivity contribution in [3.63, 3.8) is 0 Å². The highest BCUT2D eigenvalue weighted by Crippen LogP contribution is 2.67. The summed E-state index contributed by atoms with van der Waals surface area (Å²) in [6.07, 6.45) is 7.70. The van der Waals surface area contributed by atoms with E-state index in [1.807, 2.05) is 0 Å². The Morgan fingerprint density at radius 2 is 1.54 bits per heavy atom. The van der Waals surface area contributed by atoms with Crippen LogP contribution < -0.4 is 0 Å². The van der Waals surface area contributed by atoms with E-state index in [0.29, 0.717) is 23.5 Å².